The van der Waals surface area contributed by atoms with E-state index >= 15 is 4.39 Å². The average Bonchev–Trinajstić information content (AvgIpc) is 3.17. The van der Waals surface area contributed by atoms with E-state index in [-0.39, 0.29) is 29.2 Å². The highest BCUT2D eigenvalue weighted by molar-refractivity contribution is 6.03. The monoisotopic (exact) mass is 570 g/mol. The Hall–Kier alpha value is -4.87. The third-order valence-electron chi connectivity index (χ3n) is 6.50. The number of nitrogens with one attached hydrogen (secondary N) is 2. The fourth-order valence-corrected chi connectivity index (χ4v) is 4.93. The van der Waals surface area contributed by atoms with E-state index in [1.54, 1.807) is 29.2 Å². The average molecular weight is 571 g/mol. The lowest BCUT2D eigenvalue weighted by atomic mass is 9.82. The predicted octanol–water partition coefficient (Wildman–Crippen LogP) is 7.70. The first-order valence-electron chi connectivity index (χ1n) is 12.3. The molecule has 5 rings (SSSR count). The molecule has 0 radical (unpaired) electrons. The predicted molar refractivity (Wildman–Crippen MR) is 143 cm³/mol. The number of anilines is 4. The molecular weight excluding hydrogens is 547 g/mol. The third kappa shape index (κ3) is 5.72. The van der Waals surface area contributed by atoms with Gasteiger partial charge in [-0.25, -0.2) is 13.6 Å². The van der Waals surface area contributed by atoms with Crippen molar-refractivity contribution in [1.29, 1.82) is 0 Å². The van der Waals surface area contributed by atoms with Crippen LogP contribution in [-0.4, -0.2) is 29.0 Å². The molecule has 1 aromatic heterocycles. The highest BCUT2D eigenvalue weighted by Gasteiger charge is 2.42. The molecule has 41 heavy (non-hydrogen) atoms. The molecule has 0 bridgehead atoms. The summed E-state index contributed by atoms with van der Waals surface area (Å²) in [6.45, 7) is 4.02. The Bertz CT molecular complexity index is 1610. The van der Waals surface area contributed by atoms with Crippen LogP contribution >= 0.6 is 0 Å². The number of rotatable bonds is 5. The first-order chi connectivity index (χ1) is 19.3. The van der Waals surface area contributed by atoms with Crippen molar-refractivity contribution in [2.75, 3.05) is 22.1 Å². The number of ether oxygens (including phenoxy) is 1. The van der Waals surface area contributed by atoms with Crippen LogP contribution in [0.15, 0.2) is 72.9 Å². The molecule has 3 aromatic carbocycles. The first-order valence-corrected chi connectivity index (χ1v) is 12.3. The number of amides is 2. The molecule has 0 saturated heterocycles. The van der Waals surface area contributed by atoms with Gasteiger partial charge in [-0.2, -0.15) is 0 Å². The van der Waals surface area contributed by atoms with Crippen molar-refractivity contribution in [1.82, 2.24) is 4.98 Å². The van der Waals surface area contributed by atoms with Crippen molar-refractivity contribution < 1.29 is 36.6 Å². The molecule has 4 aromatic rings. The molecule has 1 aliphatic rings. The van der Waals surface area contributed by atoms with Crippen molar-refractivity contribution in [3.8, 4) is 22.8 Å². The second kappa shape index (κ2) is 10.3. The lowest BCUT2D eigenvalue weighted by molar-refractivity contribution is -0.274. The van der Waals surface area contributed by atoms with Crippen LogP contribution in [0.1, 0.15) is 19.4 Å². The van der Waals surface area contributed by atoms with Gasteiger partial charge < -0.3 is 25.4 Å². The quantitative estimate of drug-likeness (QED) is 0.214. The fraction of sp³-hybridized carbons (Fsp3) is 0.172. The van der Waals surface area contributed by atoms with Gasteiger partial charge in [-0.3, -0.25) is 4.98 Å². The molecule has 7 nitrogen and oxygen atoms in total. The Morgan fingerprint density at radius 2 is 1.73 bits per heavy atom. The zero-order chi connectivity index (χ0) is 29.5. The van der Waals surface area contributed by atoms with Gasteiger partial charge in [0.1, 0.15) is 23.1 Å². The first kappa shape index (κ1) is 27.7. The van der Waals surface area contributed by atoms with Gasteiger partial charge in [0.15, 0.2) is 0 Å². The number of halogens is 5. The van der Waals surface area contributed by atoms with Gasteiger partial charge in [0.25, 0.3) is 0 Å². The number of urea groups is 1. The number of phenolic OH excluding ortho intramolecular Hbond substituents is 1. The molecule has 0 aliphatic carbocycles. The normalized spacial score (nSPS) is 14.0. The van der Waals surface area contributed by atoms with E-state index in [9.17, 15) is 27.5 Å². The summed E-state index contributed by atoms with van der Waals surface area (Å²) in [5.41, 5.74) is 1.45. The molecule has 2 amide bonds. The zero-order valence-electron chi connectivity index (χ0n) is 21.7. The number of pyridine rings is 1. The van der Waals surface area contributed by atoms with Crippen LogP contribution < -0.4 is 20.3 Å². The molecule has 0 spiro atoms. The summed E-state index contributed by atoms with van der Waals surface area (Å²) in [6, 6.07) is 14.2. The van der Waals surface area contributed by atoms with Gasteiger partial charge in [0.2, 0.25) is 0 Å². The lowest BCUT2D eigenvalue weighted by Gasteiger charge is -2.25. The van der Waals surface area contributed by atoms with Gasteiger partial charge in [-0.1, -0.05) is 26.0 Å². The molecular formula is C29H23F5N4O3. The topological polar surface area (TPSA) is 86.7 Å². The number of phenols is 1. The molecule has 0 saturated carbocycles. The summed E-state index contributed by atoms with van der Waals surface area (Å²) in [5.74, 6) is -2.05. The molecule has 1 aliphatic heterocycles. The maximum atomic E-state index is 15.3. The zero-order valence-corrected chi connectivity index (χ0v) is 21.7. The van der Waals surface area contributed by atoms with E-state index in [0.29, 0.717) is 22.6 Å². The number of alkyl halides is 3. The second-order valence-corrected chi connectivity index (χ2v) is 9.98. The standard InChI is InChI=1S/C29H23F5N4O3/c1-28(2)15-38(26-23(39)13-19(31)24(25(26)28)21-12-7-16(30)14-35-21)22-6-4-3-5-20(22)37-27(40)36-17-8-10-18(11-9-17)41-29(32,33)34/h3-14,39H,15H2,1-2H3,(H2,36,37,40). The molecule has 212 valence electrons. The van der Waals surface area contributed by atoms with E-state index in [1.165, 1.54) is 24.3 Å². The number of para-hydroxylation sites is 2. The van der Waals surface area contributed by atoms with Gasteiger partial charge in [0.05, 0.1) is 29.0 Å². The van der Waals surface area contributed by atoms with E-state index < -0.39 is 35.2 Å². The van der Waals surface area contributed by atoms with E-state index in [4.69, 9.17) is 0 Å². The smallest absolute Gasteiger partial charge is 0.506 e. The Morgan fingerprint density at radius 1 is 1.02 bits per heavy atom. The van der Waals surface area contributed by atoms with Crippen molar-refractivity contribution >= 4 is 28.8 Å². The van der Waals surface area contributed by atoms with Crippen LogP contribution in [0.5, 0.6) is 11.5 Å². The molecule has 2 heterocycles. The number of hydrogen-bond acceptors (Lipinski definition) is 5. The molecule has 12 heteroatoms. The number of nitrogens with zero attached hydrogens (tertiary/aromatic N) is 2. The largest absolute Gasteiger partial charge is 0.573 e. The van der Waals surface area contributed by atoms with Crippen LogP contribution in [-0.2, 0) is 5.41 Å². The van der Waals surface area contributed by atoms with Gasteiger partial charge in [-0.05, 0) is 54.1 Å². The SMILES string of the molecule is CC1(C)CN(c2ccccc2NC(=O)Nc2ccc(OC(F)(F)F)cc2)c2c(O)cc(F)c(-c3ccc(F)cn3)c21. The number of aromatic hydroxyl groups is 1. The second-order valence-electron chi connectivity index (χ2n) is 9.98. The molecule has 0 fully saturated rings. The summed E-state index contributed by atoms with van der Waals surface area (Å²) < 4.78 is 69.9. The third-order valence-corrected chi connectivity index (χ3v) is 6.50. The maximum absolute atomic E-state index is 15.3. The lowest BCUT2D eigenvalue weighted by Crippen LogP contribution is -2.27. The number of aromatic nitrogens is 1. The Morgan fingerprint density at radius 3 is 2.39 bits per heavy atom. The highest BCUT2D eigenvalue weighted by Crippen LogP contribution is 2.54. The van der Waals surface area contributed by atoms with Crippen LogP contribution in [0.3, 0.4) is 0 Å². The maximum Gasteiger partial charge on any atom is 0.573 e. The van der Waals surface area contributed by atoms with Crippen LogP contribution in [0.2, 0.25) is 0 Å². The van der Waals surface area contributed by atoms with Gasteiger partial charge in [0, 0.05) is 29.3 Å². The number of carbonyl (C=O) groups is 1. The van der Waals surface area contributed by atoms with Crippen LogP contribution in [0, 0.1) is 11.6 Å². The summed E-state index contributed by atoms with van der Waals surface area (Å²) in [5, 5.41) is 16.2. The Kier molecular flexibility index (Phi) is 6.93. The summed E-state index contributed by atoms with van der Waals surface area (Å²) in [4.78, 5) is 18.6. The highest BCUT2D eigenvalue weighted by atomic mass is 19.4. The molecule has 3 N–H and O–H groups in total. The Balaban J connectivity index is 1.46. The summed E-state index contributed by atoms with van der Waals surface area (Å²) in [7, 11) is 0. The van der Waals surface area contributed by atoms with Crippen LogP contribution in [0.4, 0.5) is 49.5 Å². The molecule has 0 atom stereocenters. The van der Waals surface area contributed by atoms with E-state index in [2.05, 4.69) is 20.4 Å². The summed E-state index contributed by atoms with van der Waals surface area (Å²) >= 11 is 0. The molecule has 0 unspecified atom stereocenters. The van der Waals surface area contributed by atoms with Crippen molar-refractivity contribution in [3.05, 3.63) is 90.1 Å². The minimum absolute atomic E-state index is 0.131. The number of fused-ring (bicyclic) bond motifs is 1. The minimum atomic E-state index is -4.84. The number of carbonyl (C=O) groups excluding carboxylic acids is 1. The summed E-state index contributed by atoms with van der Waals surface area (Å²) in [6.07, 6.45) is -3.85. The minimum Gasteiger partial charge on any atom is -0.506 e. The van der Waals surface area contributed by atoms with Crippen molar-refractivity contribution in [3.63, 3.8) is 0 Å². The van der Waals surface area contributed by atoms with E-state index in [0.717, 1.165) is 24.4 Å². The van der Waals surface area contributed by atoms with Crippen LogP contribution in [0.25, 0.3) is 11.3 Å². The number of benzene rings is 3. The fourth-order valence-electron chi connectivity index (χ4n) is 4.93. The van der Waals surface area contributed by atoms with E-state index in [1.807, 2.05) is 13.8 Å². The van der Waals surface area contributed by atoms with Gasteiger partial charge in [-0.15, -0.1) is 13.2 Å². The van der Waals surface area contributed by atoms with Gasteiger partial charge >= 0.3 is 12.4 Å². The van der Waals surface area contributed by atoms with Crippen molar-refractivity contribution in [2.45, 2.75) is 25.6 Å². The number of hydrogen-bond donors (Lipinski definition) is 3. The van der Waals surface area contributed by atoms with Crippen molar-refractivity contribution in [2.24, 2.45) is 0 Å². The Labute approximate surface area is 231 Å².